The van der Waals surface area contributed by atoms with E-state index in [9.17, 15) is 0 Å². The Bertz CT molecular complexity index is 290. The molecule has 0 aliphatic heterocycles. The molecule has 0 atom stereocenters. The number of ether oxygens (including phenoxy) is 1. The third-order valence-electron chi connectivity index (χ3n) is 2.84. The summed E-state index contributed by atoms with van der Waals surface area (Å²) in [6.07, 6.45) is 1.86. The Morgan fingerprint density at radius 2 is 2.00 bits per heavy atom. The van der Waals surface area contributed by atoms with Crippen LogP contribution in [-0.2, 0) is 11.3 Å². The smallest absolute Gasteiger partial charge is 0.129 e. The van der Waals surface area contributed by atoms with E-state index in [1.807, 2.05) is 19.1 Å². The van der Waals surface area contributed by atoms with Crippen molar-refractivity contribution in [1.82, 2.24) is 0 Å². The van der Waals surface area contributed by atoms with E-state index in [1.165, 1.54) is 0 Å². The minimum Gasteiger partial charge on any atom is -0.464 e. The molecular weight excluding hydrogens is 190 g/mol. The van der Waals surface area contributed by atoms with Crippen LogP contribution in [0.15, 0.2) is 16.5 Å². The van der Waals surface area contributed by atoms with Crippen molar-refractivity contribution >= 4 is 0 Å². The van der Waals surface area contributed by atoms with Gasteiger partial charge in [0.05, 0.1) is 6.61 Å². The standard InChI is InChI=1S/C12H21NO2/c1-4-12(13,5-2)9-14-8-11-7-6-10(3)15-11/h6-7H,4-5,8-9,13H2,1-3H3. The summed E-state index contributed by atoms with van der Waals surface area (Å²) >= 11 is 0. The lowest BCUT2D eigenvalue weighted by Crippen LogP contribution is -2.43. The number of hydrogen-bond acceptors (Lipinski definition) is 3. The average Bonchev–Trinajstić information content (AvgIpc) is 2.64. The maximum absolute atomic E-state index is 6.11. The van der Waals surface area contributed by atoms with Crippen LogP contribution in [0.3, 0.4) is 0 Å². The van der Waals surface area contributed by atoms with Gasteiger partial charge in [0.1, 0.15) is 18.1 Å². The summed E-state index contributed by atoms with van der Waals surface area (Å²) in [6.45, 7) is 7.19. The summed E-state index contributed by atoms with van der Waals surface area (Å²) in [4.78, 5) is 0. The van der Waals surface area contributed by atoms with Gasteiger partial charge < -0.3 is 14.9 Å². The molecule has 1 aromatic rings. The molecule has 0 saturated carbocycles. The first-order valence-electron chi connectivity index (χ1n) is 5.51. The van der Waals surface area contributed by atoms with Gasteiger partial charge in [-0.05, 0) is 31.9 Å². The van der Waals surface area contributed by atoms with Crippen LogP contribution in [0.4, 0.5) is 0 Å². The molecule has 1 aromatic heterocycles. The largest absolute Gasteiger partial charge is 0.464 e. The highest BCUT2D eigenvalue weighted by atomic mass is 16.5. The molecule has 1 heterocycles. The van der Waals surface area contributed by atoms with Crippen molar-refractivity contribution < 1.29 is 9.15 Å². The molecule has 2 N–H and O–H groups in total. The molecule has 0 aliphatic carbocycles. The van der Waals surface area contributed by atoms with Gasteiger partial charge in [-0.1, -0.05) is 13.8 Å². The molecule has 0 aliphatic rings. The van der Waals surface area contributed by atoms with Gasteiger partial charge in [0.2, 0.25) is 0 Å². The van der Waals surface area contributed by atoms with Gasteiger partial charge in [-0.15, -0.1) is 0 Å². The van der Waals surface area contributed by atoms with E-state index in [1.54, 1.807) is 0 Å². The zero-order valence-electron chi connectivity index (χ0n) is 9.88. The topological polar surface area (TPSA) is 48.4 Å². The van der Waals surface area contributed by atoms with Gasteiger partial charge in [-0.25, -0.2) is 0 Å². The summed E-state index contributed by atoms with van der Waals surface area (Å²) in [6, 6.07) is 3.87. The minimum atomic E-state index is -0.193. The molecule has 86 valence electrons. The van der Waals surface area contributed by atoms with Crippen LogP contribution < -0.4 is 5.73 Å². The van der Waals surface area contributed by atoms with Crippen molar-refractivity contribution in [2.75, 3.05) is 6.61 Å². The highest BCUT2D eigenvalue weighted by Crippen LogP contribution is 2.13. The Kier molecular flexibility index (Phi) is 4.36. The lowest BCUT2D eigenvalue weighted by atomic mass is 9.96. The second-order valence-electron chi connectivity index (χ2n) is 4.07. The fourth-order valence-corrected chi connectivity index (χ4v) is 1.37. The SMILES string of the molecule is CCC(N)(CC)COCc1ccc(C)o1. The molecule has 15 heavy (non-hydrogen) atoms. The maximum atomic E-state index is 6.11. The molecular formula is C12H21NO2. The van der Waals surface area contributed by atoms with E-state index in [2.05, 4.69) is 13.8 Å². The van der Waals surface area contributed by atoms with Crippen molar-refractivity contribution in [1.29, 1.82) is 0 Å². The van der Waals surface area contributed by atoms with Crippen molar-refractivity contribution in [3.05, 3.63) is 23.7 Å². The van der Waals surface area contributed by atoms with E-state index in [0.29, 0.717) is 13.2 Å². The summed E-state index contributed by atoms with van der Waals surface area (Å²) in [5.74, 6) is 1.78. The highest BCUT2D eigenvalue weighted by Gasteiger charge is 2.20. The van der Waals surface area contributed by atoms with Gasteiger partial charge in [0.15, 0.2) is 0 Å². The Balaban J connectivity index is 2.32. The maximum Gasteiger partial charge on any atom is 0.129 e. The zero-order valence-corrected chi connectivity index (χ0v) is 9.88. The zero-order chi connectivity index (χ0) is 11.3. The molecule has 0 radical (unpaired) electrons. The van der Waals surface area contributed by atoms with Crippen molar-refractivity contribution in [2.24, 2.45) is 5.73 Å². The Morgan fingerprint density at radius 3 is 2.47 bits per heavy atom. The van der Waals surface area contributed by atoms with Crippen molar-refractivity contribution in [3.63, 3.8) is 0 Å². The first-order chi connectivity index (χ1) is 7.09. The number of hydrogen-bond donors (Lipinski definition) is 1. The Hall–Kier alpha value is -0.800. The van der Waals surface area contributed by atoms with Gasteiger partial charge in [-0.3, -0.25) is 0 Å². The second-order valence-corrected chi connectivity index (χ2v) is 4.07. The van der Waals surface area contributed by atoms with Gasteiger partial charge >= 0.3 is 0 Å². The molecule has 0 saturated heterocycles. The van der Waals surface area contributed by atoms with Crippen molar-refractivity contribution in [2.45, 2.75) is 45.8 Å². The van der Waals surface area contributed by atoms with E-state index in [4.69, 9.17) is 14.9 Å². The van der Waals surface area contributed by atoms with Crippen LogP contribution >= 0.6 is 0 Å². The van der Waals surface area contributed by atoms with Gasteiger partial charge in [0, 0.05) is 5.54 Å². The summed E-state index contributed by atoms with van der Waals surface area (Å²) in [5.41, 5.74) is 5.92. The van der Waals surface area contributed by atoms with Crippen LogP contribution in [0.2, 0.25) is 0 Å². The Labute approximate surface area is 91.6 Å². The molecule has 0 bridgehead atoms. The van der Waals surface area contributed by atoms with Crippen LogP contribution in [0.5, 0.6) is 0 Å². The number of furan rings is 1. The normalized spacial score (nSPS) is 12.0. The summed E-state index contributed by atoms with van der Waals surface area (Å²) in [5, 5.41) is 0. The predicted octanol–water partition coefficient (Wildman–Crippen LogP) is 2.62. The molecule has 0 unspecified atom stereocenters. The first-order valence-corrected chi connectivity index (χ1v) is 5.51. The summed E-state index contributed by atoms with van der Waals surface area (Å²) < 4.78 is 11.0. The minimum absolute atomic E-state index is 0.193. The van der Waals surface area contributed by atoms with Crippen LogP contribution in [0.25, 0.3) is 0 Å². The fourth-order valence-electron chi connectivity index (χ4n) is 1.37. The molecule has 0 spiro atoms. The molecule has 0 amide bonds. The van der Waals surface area contributed by atoms with Crippen LogP contribution in [-0.4, -0.2) is 12.1 Å². The van der Waals surface area contributed by atoms with Gasteiger partial charge in [0.25, 0.3) is 0 Å². The third-order valence-corrected chi connectivity index (χ3v) is 2.84. The fraction of sp³-hybridized carbons (Fsp3) is 0.667. The van der Waals surface area contributed by atoms with E-state index >= 15 is 0 Å². The van der Waals surface area contributed by atoms with Crippen molar-refractivity contribution in [3.8, 4) is 0 Å². The number of nitrogens with two attached hydrogens (primary N) is 1. The van der Waals surface area contributed by atoms with E-state index < -0.39 is 0 Å². The average molecular weight is 211 g/mol. The number of aryl methyl sites for hydroxylation is 1. The van der Waals surface area contributed by atoms with E-state index in [0.717, 1.165) is 24.4 Å². The lowest BCUT2D eigenvalue weighted by Gasteiger charge is -2.25. The first kappa shape index (κ1) is 12.3. The quantitative estimate of drug-likeness (QED) is 0.786. The molecule has 0 fully saturated rings. The monoisotopic (exact) mass is 211 g/mol. The molecule has 3 heteroatoms. The number of rotatable bonds is 6. The molecule has 0 aromatic carbocycles. The molecule has 3 nitrogen and oxygen atoms in total. The van der Waals surface area contributed by atoms with Crippen LogP contribution in [0, 0.1) is 6.92 Å². The second kappa shape index (κ2) is 5.33. The predicted molar refractivity (Wildman–Crippen MR) is 60.6 cm³/mol. The lowest BCUT2D eigenvalue weighted by molar-refractivity contribution is 0.0593. The van der Waals surface area contributed by atoms with Crippen LogP contribution in [0.1, 0.15) is 38.2 Å². The van der Waals surface area contributed by atoms with E-state index in [-0.39, 0.29) is 5.54 Å². The van der Waals surface area contributed by atoms with Gasteiger partial charge in [-0.2, -0.15) is 0 Å². The third kappa shape index (κ3) is 3.68. The summed E-state index contributed by atoms with van der Waals surface area (Å²) in [7, 11) is 0. The molecule has 1 rings (SSSR count). The highest BCUT2D eigenvalue weighted by molar-refractivity contribution is 5.04. The Morgan fingerprint density at radius 1 is 1.33 bits per heavy atom.